The van der Waals surface area contributed by atoms with Crippen molar-refractivity contribution in [3.8, 4) is 0 Å². The summed E-state index contributed by atoms with van der Waals surface area (Å²) in [6, 6.07) is 7.19. The van der Waals surface area contributed by atoms with Crippen molar-refractivity contribution < 1.29 is 14.3 Å². The Kier molecular flexibility index (Phi) is 4.83. The second-order valence-corrected chi connectivity index (χ2v) is 6.47. The number of hydrogen-bond acceptors (Lipinski definition) is 5. The predicted octanol–water partition coefficient (Wildman–Crippen LogP) is 2.67. The molecule has 0 unspecified atom stereocenters. The zero-order valence-electron chi connectivity index (χ0n) is 11.8. The Morgan fingerprint density at radius 2 is 2.05 bits per heavy atom. The molecule has 7 heteroatoms. The van der Waals surface area contributed by atoms with Crippen LogP contribution in [-0.2, 0) is 9.53 Å². The monoisotopic (exact) mass is 338 g/mol. The Morgan fingerprint density at radius 3 is 2.77 bits per heavy atom. The number of amides is 2. The molecule has 2 aliphatic rings. The SMILES string of the molecule is O=C1S/C(=C\c2cccc(Cl)c2)C(=O)N1CN1CCOCC1. The number of hydrogen-bond donors (Lipinski definition) is 0. The average molecular weight is 339 g/mol. The van der Waals surface area contributed by atoms with Crippen molar-refractivity contribution in [2.45, 2.75) is 0 Å². The van der Waals surface area contributed by atoms with E-state index in [-0.39, 0.29) is 11.1 Å². The minimum Gasteiger partial charge on any atom is -0.379 e. The second-order valence-electron chi connectivity index (χ2n) is 5.04. The van der Waals surface area contributed by atoms with E-state index in [2.05, 4.69) is 0 Å². The fraction of sp³-hybridized carbons (Fsp3) is 0.333. The number of carbonyl (C=O) groups excluding carboxylic acids is 2. The van der Waals surface area contributed by atoms with E-state index >= 15 is 0 Å². The number of benzene rings is 1. The molecule has 0 aliphatic carbocycles. The van der Waals surface area contributed by atoms with E-state index in [9.17, 15) is 9.59 Å². The third-order valence-corrected chi connectivity index (χ3v) is 4.61. The van der Waals surface area contributed by atoms with E-state index in [0.29, 0.717) is 29.8 Å². The van der Waals surface area contributed by atoms with Gasteiger partial charge >= 0.3 is 0 Å². The molecular weight excluding hydrogens is 324 g/mol. The molecule has 22 heavy (non-hydrogen) atoms. The molecule has 3 rings (SSSR count). The van der Waals surface area contributed by atoms with E-state index in [1.165, 1.54) is 4.90 Å². The van der Waals surface area contributed by atoms with Gasteiger partial charge in [0, 0.05) is 18.1 Å². The molecule has 0 atom stereocenters. The van der Waals surface area contributed by atoms with Crippen LogP contribution in [0.2, 0.25) is 5.02 Å². The van der Waals surface area contributed by atoms with Crippen LogP contribution in [0.25, 0.3) is 6.08 Å². The molecule has 0 saturated carbocycles. The van der Waals surface area contributed by atoms with Gasteiger partial charge in [0.15, 0.2) is 0 Å². The molecule has 1 aromatic rings. The summed E-state index contributed by atoms with van der Waals surface area (Å²) < 4.78 is 5.27. The van der Waals surface area contributed by atoms with Crippen molar-refractivity contribution in [3.05, 3.63) is 39.8 Å². The van der Waals surface area contributed by atoms with Crippen molar-refractivity contribution in [2.24, 2.45) is 0 Å². The standard InChI is InChI=1S/C15H15ClN2O3S/c16-12-3-1-2-11(8-12)9-13-14(19)18(15(20)22-13)10-17-4-6-21-7-5-17/h1-3,8-9H,4-7,10H2/b13-9-. The molecule has 2 saturated heterocycles. The van der Waals surface area contributed by atoms with Gasteiger partial charge < -0.3 is 4.74 Å². The Morgan fingerprint density at radius 1 is 1.27 bits per heavy atom. The highest BCUT2D eigenvalue weighted by atomic mass is 35.5. The van der Waals surface area contributed by atoms with Crippen molar-refractivity contribution in [1.29, 1.82) is 0 Å². The van der Waals surface area contributed by atoms with Gasteiger partial charge in [0.1, 0.15) is 0 Å². The van der Waals surface area contributed by atoms with E-state index in [4.69, 9.17) is 16.3 Å². The molecule has 0 spiro atoms. The summed E-state index contributed by atoms with van der Waals surface area (Å²) in [4.78, 5) is 28.2. The summed E-state index contributed by atoms with van der Waals surface area (Å²) in [5.41, 5.74) is 0.810. The molecule has 1 aromatic carbocycles. The zero-order chi connectivity index (χ0) is 15.5. The number of carbonyl (C=O) groups is 2. The number of rotatable bonds is 3. The number of halogens is 1. The average Bonchev–Trinajstić information content (AvgIpc) is 2.76. The smallest absolute Gasteiger partial charge is 0.294 e. The first kappa shape index (κ1) is 15.6. The molecular formula is C15H15ClN2O3S. The summed E-state index contributed by atoms with van der Waals surface area (Å²) in [6.45, 7) is 3.05. The molecule has 0 N–H and O–H groups in total. The van der Waals surface area contributed by atoms with Gasteiger partial charge in [-0.2, -0.15) is 0 Å². The van der Waals surface area contributed by atoms with Crippen LogP contribution in [0.4, 0.5) is 4.79 Å². The van der Waals surface area contributed by atoms with Crippen LogP contribution in [0.3, 0.4) is 0 Å². The number of thioether (sulfide) groups is 1. The van der Waals surface area contributed by atoms with Gasteiger partial charge in [-0.25, -0.2) is 0 Å². The van der Waals surface area contributed by atoms with Crippen LogP contribution in [0.5, 0.6) is 0 Å². The maximum absolute atomic E-state index is 12.4. The Balaban J connectivity index is 1.73. The maximum atomic E-state index is 12.4. The maximum Gasteiger partial charge on any atom is 0.294 e. The lowest BCUT2D eigenvalue weighted by atomic mass is 10.2. The molecule has 0 bridgehead atoms. The molecule has 0 aromatic heterocycles. The van der Waals surface area contributed by atoms with Crippen LogP contribution in [0.15, 0.2) is 29.2 Å². The van der Waals surface area contributed by atoms with Crippen molar-refractivity contribution in [3.63, 3.8) is 0 Å². The molecule has 2 aliphatic heterocycles. The third-order valence-electron chi connectivity index (χ3n) is 3.47. The first-order valence-corrected chi connectivity index (χ1v) is 8.14. The molecule has 0 radical (unpaired) electrons. The van der Waals surface area contributed by atoms with Crippen LogP contribution in [0, 0.1) is 0 Å². The fourth-order valence-electron chi connectivity index (χ4n) is 2.31. The molecule has 116 valence electrons. The van der Waals surface area contributed by atoms with E-state index in [1.807, 2.05) is 17.0 Å². The van der Waals surface area contributed by atoms with Crippen LogP contribution in [0.1, 0.15) is 5.56 Å². The first-order chi connectivity index (χ1) is 10.6. The van der Waals surface area contributed by atoms with Gasteiger partial charge in [0.25, 0.3) is 11.1 Å². The number of morpholine rings is 1. The fourth-order valence-corrected chi connectivity index (χ4v) is 3.34. The van der Waals surface area contributed by atoms with Crippen LogP contribution in [-0.4, -0.2) is 53.9 Å². The van der Waals surface area contributed by atoms with Gasteiger partial charge in [0.05, 0.1) is 24.8 Å². The Hall–Kier alpha value is -1.34. The van der Waals surface area contributed by atoms with Crippen LogP contribution < -0.4 is 0 Å². The highest BCUT2D eigenvalue weighted by Crippen LogP contribution is 2.32. The zero-order valence-corrected chi connectivity index (χ0v) is 13.4. The summed E-state index contributed by atoms with van der Waals surface area (Å²) in [7, 11) is 0. The summed E-state index contributed by atoms with van der Waals surface area (Å²) in [5, 5.41) is 0.367. The van der Waals surface area contributed by atoms with Crippen molar-refractivity contribution >= 4 is 40.6 Å². The second kappa shape index (κ2) is 6.83. The van der Waals surface area contributed by atoms with Gasteiger partial charge in [-0.3, -0.25) is 19.4 Å². The largest absolute Gasteiger partial charge is 0.379 e. The number of imide groups is 1. The Labute approximate surface area is 137 Å². The molecule has 2 heterocycles. The molecule has 2 amide bonds. The van der Waals surface area contributed by atoms with Crippen molar-refractivity contribution in [2.75, 3.05) is 33.0 Å². The van der Waals surface area contributed by atoms with E-state index in [0.717, 1.165) is 30.4 Å². The lowest BCUT2D eigenvalue weighted by Gasteiger charge is -2.29. The minimum atomic E-state index is -0.249. The lowest BCUT2D eigenvalue weighted by molar-refractivity contribution is -0.125. The Bertz CT molecular complexity index is 629. The number of ether oxygens (including phenoxy) is 1. The van der Waals surface area contributed by atoms with Crippen LogP contribution >= 0.6 is 23.4 Å². The van der Waals surface area contributed by atoms with E-state index in [1.54, 1.807) is 18.2 Å². The third kappa shape index (κ3) is 3.52. The summed E-state index contributed by atoms with van der Waals surface area (Å²) in [6.07, 6.45) is 1.70. The van der Waals surface area contributed by atoms with Crippen molar-refractivity contribution in [1.82, 2.24) is 9.80 Å². The van der Waals surface area contributed by atoms with E-state index < -0.39 is 0 Å². The van der Waals surface area contributed by atoms with Gasteiger partial charge in [-0.15, -0.1) is 0 Å². The lowest BCUT2D eigenvalue weighted by Crippen LogP contribution is -2.45. The predicted molar refractivity (Wildman–Crippen MR) is 86.5 cm³/mol. The van der Waals surface area contributed by atoms with Gasteiger partial charge in [-0.1, -0.05) is 23.7 Å². The highest BCUT2D eigenvalue weighted by molar-refractivity contribution is 8.18. The van der Waals surface area contributed by atoms with Gasteiger partial charge in [-0.05, 0) is 35.5 Å². The highest BCUT2D eigenvalue weighted by Gasteiger charge is 2.36. The quantitative estimate of drug-likeness (QED) is 0.793. The summed E-state index contributed by atoms with van der Waals surface area (Å²) >= 11 is 6.90. The number of nitrogens with zero attached hydrogens (tertiary/aromatic N) is 2. The summed E-state index contributed by atoms with van der Waals surface area (Å²) in [5.74, 6) is -0.249. The molecule has 2 fully saturated rings. The topological polar surface area (TPSA) is 49.9 Å². The van der Waals surface area contributed by atoms with Gasteiger partial charge in [0.2, 0.25) is 0 Å². The first-order valence-electron chi connectivity index (χ1n) is 6.94. The normalized spacial score (nSPS) is 21.9. The molecule has 5 nitrogen and oxygen atoms in total. The minimum absolute atomic E-state index is 0.232.